The van der Waals surface area contributed by atoms with Gasteiger partial charge in [-0.2, -0.15) is 13.2 Å². The van der Waals surface area contributed by atoms with Gasteiger partial charge < -0.3 is 10.2 Å². The number of carbonyl (C=O) groups excluding carboxylic acids is 1. The lowest BCUT2D eigenvalue weighted by Crippen LogP contribution is -2.33. The van der Waals surface area contributed by atoms with Crippen LogP contribution in [-0.2, 0) is 11.0 Å². The van der Waals surface area contributed by atoms with E-state index in [9.17, 15) is 18.0 Å². The summed E-state index contributed by atoms with van der Waals surface area (Å²) >= 11 is 0. The van der Waals surface area contributed by atoms with Crippen LogP contribution < -0.4 is 5.32 Å². The average molecular weight is 337 g/mol. The minimum atomic E-state index is -4.40. The number of alkyl halides is 3. The third-order valence-corrected chi connectivity index (χ3v) is 4.15. The molecule has 24 heavy (non-hydrogen) atoms. The summed E-state index contributed by atoms with van der Waals surface area (Å²) in [6.45, 7) is 3.38. The number of benzene rings is 1. The maximum absolute atomic E-state index is 12.8. The number of rotatable bonds is 3. The van der Waals surface area contributed by atoms with Gasteiger partial charge in [-0.25, -0.2) is 0 Å². The lowest BCUT2D eigenvalue weighted by atomic mass is 10.1. The number of hydrogen-bond acceptors (Lipinski definition) is 3. The molecule has 1 amide bonds. The fourth-order valence-corrected chi connectivity index (χ4v) is 2.93. The highest BCUT2D eigenvalue weighted by molar-refractivity contribution is 5.93. The zero-order valence-corrected chi connectivity index (χ0v) is 13.3. The second-order valence-electron chi connectivity index (χ2n) is 5.98. The minimum Gasteiger partial charge on any atom is -0.376 e. The zero-order chi connectivity index (χ0) is 17.3. The van der Waals surface area contributed by atoms with Crippen molar-refractivity contribution in [3.63, 3.8) is 0 Å². The van der Waals surface area contributed by atoms with Crippen molar-refractivity contribution in [2.75, 3.05) is 25.0 Å². The summed E-state index contributed by atoms with van der Waals surface area (Å²) in [5.41, 5.74) is 0.754. The van der Waals surface area contributed by atoms with Gasteiger partial charge in [0.2, 0.25) is 5.91 Å². The van der Waals surface area contributed by atoms with Gasteiger partial charge in [-0.1, -0.05) is 6.07 Å². The molecular formula is C17H18F3N3O. The van der Waals surface area contributed by atoms with E-state index in [2.05, 4.69) is 10.3 Å². The van der Waals surface area contributed by atoms with E-state index in [0.717, 1.165) is 38.1 Å². The second kappa shape index (κ2) is 6.30. The Morgan fingerprint density at radius 3 is 2.62 bits per heavy atom. The first kappa shape index (κ1) is 16.5. The van der Waals surface area contributed by atoms with Crippen LogP contribution in [0.1, 0.15) is 24.1 Å². The number of anilines is 1. The van der Waals surface area contributed by atoms with Gasteiger partial charge in [0.25, 0.3) is 0 Å². The summed E-state index contributed by atoms with van der Waals surface area (Å²) in [5, 5.41) is 3.62. The van der Waals surface area contributed by atoms with Crippen LogP contribution in [0, 0.1) is 6.92 Å². The highest BCUT2D eigenvalue weighted by atomic mass is 19.4. The second-order valence-corrected chi connectivity index (χ2v) is 5.98. The van der Waals surface area contributed by atoms with Crippen molar-refractivity contribution in [1.82, 2.24) is 9.88 Å². The fraction of sp³-hybridized carbons (Fsp3) is 0.412. The lowest BCUT2D eigenvalue weighted by molar-refractivity contribution is -0.137. The summed E-state index contributed by atoms with van der Waals surface area (Å²) in [7, 11) is 0. The van der Waals surface area contributed by atoms with Crippen LogP contribution in [0.5, 0.6) is 0 Å². The van der Waals surface area contributed by atoms with E-state index in [1.807, 2.05) is 0 Å². The number of halogens is 3. The monoisotopic (exact) mass is 337 g/mol. The summed E-state index contributed by atoms with van der Waals surface area (Å²) in [5.74, 6) is 0.00188. The Morgan fingerprint density at radius 1 is 1.25 bits per heavy atom. The molecule has 2 heterocycles. The molecule has 2 aromatic rings. The zero-order valence-electron chi connectivity index (χ0n) is 13.3. The molecule has 1 aromatic carbocycles. The van der Waals surface area contributed by atoms with Gasteiger partial charge >= 0.3 is 6.18 Å². The number of nitrogens with one attached hydrogen (secondary N) is 1. The number of fused-ring (bicyclic) bond motifs is 1. The fourth-order valence-electron chi connectivity index (χ4n) is 2.93. The van der Waals surface area contributed by atoms with Crippen molar-refractivity contribution in [1.29, 1.82) is 0 Å². The van der Waals surface area contributed by atoms with Crippen molar-refractivity contribution in [3.8, 4) is 0 Å². The molecule has 128 valence electrons. The van der Waals surface area contributed by atoms with Crippen LogP contribution in [0.3, 0.4) is 0 Å². The summed E-state index contributed by atoms with van der Waals surface area (Å²) in [4.78, 5) is 18.1. The smallest absolute Gasteiger partial charge is 0.376 e. The molecule has 1 fully saturated rings. The molecule has 1 aliphatic heterocycles. The van der Waals surface area contributed by atoms with Crippen LogP contribution >= 0.6 is 0 Å². The van der Waals surface area contributed by atoms with E-state index in [4.69, 9.17) is 0 Å². The van der Waals surface area contributed by atoms with E-state index in [1.165, 1.54) is 6.07 Å². The number of carbonyl (C=O) groups is 1. The summed E-state index contributed by atoms with van der Waals surface area (Å²) in [6.07, 6.45) is -2.37. The summed E-state index contributed by atoms with van der Waals surface area (Å²) in [6, 6.07) is 5.21. The Hall–Kier alpha value is -2.31. The lowest BCUT2D eigenvalue weighted by Gasteiger charge is -2.17. The quantitative estimate of drug-likeness (QED) is 0.931. The highest BCUT2D eigenvalue weighted by Crippen LogP contribution is 2.33. The van der Waals surface area contributed by atoms with Crippen LogP contribution in [0.15, 0.2) is 24.3 Å². The van der Waals surface area contributed by atoms with Gasteiger partial charge in [-0.05, 0) is 38.0 Å². The number of likely N-dealkylation sites (tertiary alicyclic amines) is 1. The van der Waals surface area contributed by atoms with E-state index < -0.39 is 11.7 Å². The van der Waals surface area contributed by atoms with Crippen molar-refractivity contribution in [3.05, 3.63) is 35.5 Å². The van der Waals surface area contributed by atoms with Gasteiger partial charge in [0, 0.05) is 29.9 Å². The predicted molar refractivity (Wildman–Crippen MR) is 85.8 cm³/mol. The van der Waals surface area contributed by atoms with E-state index >= 15 is 0 Å². The standard InChI is InChI=1S/C17H18F3N3O/c1-11-8-14(21-10-16(24)23-6-2-3-7-23)13-5-4-12(17(18,19)20)9-15(13)22-11/h4-5,8-9H,2-3,6-7,10H2,1H3,(H,21,22). The van der Waals surface area contributed by atoms with Gasteiger partial charge in [-0.15, -0.1) is 0 Å². The molecule has 1 saturated heterocycles. The first-order valence-corrected chi connectivity index (χ1v) is 7.85. The van der Waals surface area contributed by atoms with Gasteiger partial charge in [0.1, 0.15) is 0 Å². The van der Waals surface area contributed by atoms with Crippen LogP contribution in [0.2, 0.25) is 0 Å². The first-order valence-electron chi connectivity index (χ1n) is 7.85. The van der Waals surface area contributed by atoms with Crippen molar-refractivity contribution in [2.45, 2.75) is 25.9 Å². The third-order valence-electron chi connectivity index (χ3n) is 4.15. The summed E-state index contributed by atoms with van der Waals surface area (Å²) < 4.78 is 38.5. The largest absolute Gasteiger partial charge is 0.416 e. The maximum Gasteiger partial charge on any atom is 0.416 e. The Bertz CT molecular complexity index is 768. The SMILES string of the molecule is Cc1cc(NCC(=O)N2CCCC2)c2ccc(C(F)(F)F)cc2n1. The molecule has 0 aliphatic carbocycles. The number of aromatic nitrogens is 1. The van der Waals surface area contributed by atoms with Crippen molar-refractivity contribution in [2.24, 2.45) is 0 Å². The van der Waals surface area contributed by atoms with Crippen LogP contribution in [-0.4, -0.2) is 35.4 Å². The predicted octanol–water partition coefficient (Wildman–Crippen LogP) is 3.60. The Balaban J connectivity index is 1.86. The average Bonchev–Trinajstić information content (AvgIpc) is 3.05. The molecule has 0 spiro atoms. The molecule has 1 aliphatic rings. The highest BCUT2D eigenvalue weighted by Gasteiger charge is 2.30. The Morgan fingerprint density at radius 2 is 1.96 bits per heavy atom. The van der Waals surface area contributed by atoms with E-state index in [1.54, 1.807) is 17.9 Å². The number of hydrogen-bond donors (Lipinski definition) is 1. The van der Waals surface area contributed by atoms with E-state index in [0.29, 0.717) is 16.8 Å². The third kappa shape index (κ3) is 3.44. The minimum absolute atomic E-state index is 0.00188. The molecule has 1 N–H and O–H groups in total. The topological polar surface area (TPSA) is 45.2 Å². The number of nitrogens with zero attached hydrogens (tertiary/aromatic N) is 2. The molecule has 7 heteroatoms. The molecule has 0 atom stereocenters. The Kier molecular flexibility index (Phi) is 4.34. The maximum atomic E-state index is 12.8. The number of pyridine rings is 1. The van der Waals surface area contributed by atoms with Crippen molar-refractivity contribution >= 4 is 22.5 Å². The van der Waals surface area contributed by atoms with Gasteiger partial charge in [0.05, 0.1) is 17.6 Å². The van der Waals surface area contributed by atoms with Crippen molar-refractivity contribution < 1.29 is 18.0 Å². The molecule has 4 nitrogen and oxygen atoms in total. The number of amides is 1. The van der Waals surface area contributed by atoms with E-state index in [-0.39, 0.29) is 18.0 Å². The van der Waals surface area contributed by atoms with Gasteiger partial charge in [-0.3, -0.25) is 9.78 Å². The molecule has 0 saturated carbocycles. The molecule has 0 bridgehead atoms. The molecule has 1 aromatic heterocycles. The molecule has 0 unspecified atom stereocenters. The number of aryl methyl sites for hydroxylation is 1. The molecular weight excluding hydrogens is 319 g/mol. The Labute approximate surface area is 137 Å². The first-order chi connectivity index (χ1) is 11.3. The molecule has 0 radical (unpaired) electrons. The molecule has 3 rings (SSSR count). The van der Waals surface area contributed by atoms with Crippen LogP contribution in [0.25, 0.3) is 10.9 Å². The van der Waals surface area contributed by atoms with Gasteiger partial charge in [0.15, 0.2) is 0 Å². The normalized spacial score (nSPS) is 15.1. The van der Waals surface area contributed by atoms with Crippen LogP contribution in [0.4, 0.5) is 18.9 Å².